The summed E-state index contributed by atoms with van der Waals surface area (Å²) >= 11 is 10.5. The third-order valence-electron chi connectivity index (χ3n) is 4.92. The number of hydrogen-bond acceptors (Lipinski definition) is 5. The second kappa shape index (κ2) is 9.27. The molecule has 3 N–H and O–H groups in total. The van der Waals surface area contributed by atoms with Crippen molar-refractivity contribution >= 4 is 50.7 Å². The molecule has 1 fully saturated rings. The van der Waals surface area contributed by atoms with E-state index in [0.29, 0.717) is 10.8 Å². The van der Waals surface area contributed by atoms with E-state index in [1.165, 1.54) is 11.3 Å². The second-order valence-corrected chi connectivity index (χ2v) is 9.78. The van der Waals surface area contributed by atoms with Crippen LogP contribution in [-0.4, -0.2) is 34.0 Å². The van der Waals surface area contributed by atoms with Gasteiger partial charge in [-0.2, -0.15) is 0 Å². The highest BCUT2D eigenvalue weighted by molar-refractivity contribution is 9.11. The Balaban J connectivity index is 1.61. The van der Waals surface area contributed by atoms with Crippen LogP contribution < -0.4 is 21.9 Å². The highest BCUT2D eigenvalue weighted by Gasteiger charge is 2.29. The first-order valence-electron chi connectivity index (χ1n) is 9.07. The van der Waals surface area contributed by atoms with Crippen molar-refractivity contribution in [3.63, 3.8) is 0 Å². The smallest absolute Gasteiger partial charge is 0.328 e. The fraction of sp³-hybridized carbons (Fsp3) is 0.444. The lowest BCUT2D eigenvalue weighted by molar-refractivity contribution is -0.121. The van der Waals surface area contributed by atoms with Crippen LogP contribution in [0.25, 0.3) is 0 Å². The molecule has 2 aromatic heterocycles. The van der Waals surface area contributed by atoms with Crippen LogP contribution in [0.1, 0.15) is 34.5 Å². The zero-order valence-electron chi connectivity index (χ0n) is 15.6. The Bertz CT molecular complexity index is 1020. The Morgan fingerprint density at radius 3 is 2.72 bits per heavy atom. The van der Waals surface area contributed by atoms with Crippen molar-refractivity contribution in [1.29, 1.82) is 0 Å². The fourth-order valence-electron chi connectivity index (χ4n) is 3.02. The van der Waals surface area contributed by atoms with Crippen LogP contribution in [0.2, 0.25) is 5.02 Å². The van der Waals surface area contributed by atoms with Crippen molar-refractivity contribution in [2.45, 2.75) is 38.8 Å². The van der Waals surface area contributed by atoms with Gasteiger partial charge >= 0.3 is 5.69 Å². The number of carbonyl (C=O) groups excluding carboxylic acids is 2. The van der Waals surface area contributed by atoms with Crippen LogP contribution in [-0.2, 0) is 11.3 Å². The third-order valence-corrected chi connectivity index (χ3v) is 7.32. The van der Waals surface area contributed by atoms with Crippen LogP contribution in [0.15, 0.2) is 25.6 Å². The maximum absolute atomic E-state index is 12.6. The predicted octanol–water partition coefficient (Wildman–Crippen LogP) is 2.04. The van der Waals surface area contributed by atoms with E-state index in [2.05, 4.69) is 26.6 Å². The Kier molecular flexibility index (Phi) is 6.97. The predicted molar refractivity (Wildman–Crippen MR) is 115 cm³/mol. The molecule has 0 aromatic carbocycles. The zero-order valence-corrected chi connectivity index (χ0v) is 18.7. The summed E-state index contributed by atoms with van der Waals surface area (Å²) in [6.45, 7) is 1.90. The highest BCUT2D eigenvalue weighted by atomic mass is 79.9. The third kappa shape index (κ3) is 5.37. The Labute approximate surface area is 183 Å². The van der Waals surface area contributed by atoms with Gasteiger partial charge in [-0.15, -0.1) is 11.3 Å². The average Bonchev–Trinajstić information content (AvgIpc) is 2.95. The standard InChI is InChI=1S/C18H20BrClN4O4S/c1-9-5-13(29-15(9)19)17(27)22-12(10-3-2-4-10)6-21-14(25)8-24-7-11(20)16(26)23-18(24)28/h5,7,10,12H,2-4,6,8H2,1H3,(H,21,25)(H,22,27)(H,23,26,28). The van der Waals surface area contributed by atoms with Crippen molar-refractivity contribution in [1.82, 2.24) is 20.2 Å². The summed E-state index contributed by atoms with van der Waals surface area (Å²) in [6, 6.07) is 1.63. The first-order valence-corrected chi connectivity index (χ1v) is 11.1. The maximum Gasteiger partial charge on any atom is 0.328 e. The van der Waals surface area contributed by atoms with Gasteiger partial charge in [-0.25, -0.2) is 4.79 Å². The summed E-state index contributed by atoms with van der Waals surface area (Å²) in [6.07, 6.45) is 4.20. The molecule has 1 saturated carbocycles. The van der Waals surface area contributed by atoms with E-state index in [9.17, 15) is 19.2 Å². The number of H-pyrrole nitrogens is 1. The van der Waals surface area contributed by atoms with Crippen molar-refractivity contribution in [3.05, 3.63) is 52.4 Å². The Morgan fingerprint density at radius 1 is 1.41 bits per heavy atom. The van der Waals surface area contributed by atoms with Gasteiger partial charge in [0.15, 0.2) is 0 Å². The lowest BCUT2D eigenvalue weighted by Gasteiger charge is -2.34. The molecule has 0 aliphatic heterocycles. The molecule has 0 saturated heterocycles. The number of amides is 2. The lowest BCUT2D eigenvalue weighted by atomic mass is 9.79. The van der Waals surface area contributed by atoms with E-state index in [0.717, 1.165) is 39.4 Å². The van der Waals surface area contributed by atoms with E-state index < -0.39 is 17.2 Å². The molecule has 1 aliphatic rings. The van der Waals surface area contributed by atoms with Crippen LogP contribution >= 0.6 is 38.9 Å². The van der Waals surface area contributed by atoms with Crippen molar-refractivity contribution in [2.75, 3.05) is 6.54 Å². The maximum atomic E-state index is 12.6. The molecular weight excluding hydrogens is 484 g/mol. The van der Waals surface area contributed by atoms with Gasteiger partial charge in [-0.1, -0.05) is 18.0 Å². The molecule has 1 unspecified atom stereocenters. The minimum absolute atomic E-state index is 0.168. The SMILES string of the molecule is Cc1cc(C(=O)NC(CNC(=O)Cn2cc(Cl)c(=O)[nH]c2=O)C2CCC2)sc1Br. The van der Waals surface area contributed by atoms with Gasteiger partial charge in [0.05, 0.1) is 8.66 Å². The Hall–Kier alpha value is -1.91. The number of hydrogen-bond donors (Lipinski definition) is 3. The summed E-state index contributed by atoms with van der Waals surface area (Å²) in [5.41, 5.74) is -0.410. The molecule has 2 amide bonds. The number of rotatable bonds is 7. The molecule has 3 rings (SSSR count). The van der Waals surface area contributed by atoms with Gasteiger partial charge in [0, 0.05) is 18.8 Å². The molecule has 1 atom stereocenters. The molecule has 0 radical (unpaired) electrons. The summed E-state index contributed by atoms with van der Waals surface area (Å²) in [7, 11) is 0. The highest BCUT2D eigenvalue weighted by Crippen LogP contribution is 2.31. The molecular formula is C18H20BrClN4O4S. The van der Waals surface area contributed by atoms with E-state index in [1.54, 1.807) is 0 Å². The van der Waals surface area contributed by atoms with Gasteiger partial charge in [-0.3, -0.25) is 23.9 Å². The molecule has 0 spiro atoms. The van der Waals surface area contributed by atoms with Crippen molar-refractivity contribution < 1.29 is 9.59 Å². The molecule has 0 bridgehead atoms. The van der Waals surface area contributed by atoms with Crippen LogP contribution in [0.5, 0.6) is 0 Å². The largest absolute Gasteiger partial charge is 0.352 e. The number of halogens is 2. The number of carbonyl (C=O) groups is 2. The van der Waals surface area contributed by atoms with Gasteiger partial charge < -0.3 is 10.6 Å². The van der Waals surface area contributed by atoms with Crippen LogP contribution in [0.4, 0.5) is 0 Å². The molecule has 29 heavy (non-hydrogen) atoms. The number of aromatic amines is 1. The monoisotopic (exact) mass is 502 g/mol. The van der Waals surface area contributed by atoms with Crippen molar-refractivity contribution in [3.8, 4) is 0 Å². The first kappa shape index (κ1) is 21.8. The zero-order chi connectivity index (χ0) is 21.1. The summed E-state index contributed by atoms with van der Waals surface area (Å²) in [4.78, 5) is 50.6. The second-order valence-electron chi connectivity index (χ2n) is 7.01. The molecule has 2 aromatic rings. The fourth-order valence-corrected chi connectivity index (χ4v) is 4.63. The number of thiophene rings is 1. The van der Waals surface area contributed by atoms with E-state index >= 15 is 0 Å². The summed E-state index contributed by atoms with van der Waals surface area (Å²) < 4.78 is 1.95. The lowest BCUT2D eigenvalue weighted by Crippen LogP contribution is -2.50. The summed E-state index contributed by atoms with van der Waals surface area (Å²) in [5.74, 6) is -0.281. The summed E-state index contributed by atoms with van der Waals surface area (Å²) in [5, 5.41) is 5.61. The van der Waals surface area contributed by atoms with Gasteiger partial charge in [0.25, 0.3) is 11.5 Å². The van der Waals surface area contributed by atoms with Crippen molar-refractivity contribution in [2.24, 2.45) is 5.92 Å². The van der Waals surface area contributed by atoms with E-state index in [1.807, 2.05) is 18.0 Å². The molecule has 11 heteroatoms. The van der Waals surface area contributed by atoms with E-state index in [-0.39, 0.29) is 30.1 Å². The quantitative estimate of drug-likeness (QED) is 0.536. The topological polar surface area (TPSA) is 113 Å². The van der Waals surface area contributed by atoms with E-state index in [4.69, 9.17) is 11.6 Å². The Morgan fingerprint density at radius 2 is 2.14 bits per heavy atom. The normalized spacial score (nSPS) is 14.9. The molecule has 2 heterocycles. The number of aromatic nitrogens is 2. The minimum atomic E-state index is -0.711. The van der Waals surface area contributed by atoms with Gasteiger partial charge in [-0.05, 0) is 53.2 Å². The van der Waals surface area contributed by atoms with Crippen LogP contribution in [0.3, 0.4) is 0 Å². The average molecular weight is 504 g/mol. The number of nitrogens with one attached hydrogen (secondary N) is 3. The number of nitrogens with zero attached hydrogens (tertiary/aromatic N) is 1. The first-order chi connectivity index (χ1) is 13.7. The molecule has 156 valence electrons. The minimum Gasteiger partial charge on any atom is -0.352 e. The number of aryl methyl sites for hydroxylation is 1. The molecule has 1 aliphatic carbocycles. The van der Waals surface area contributed by atoms with Gasteiger partial charge in [0.2, 0.25) is 5.91 Å². The van der Waals surface area contributed by atoms with Crippen LogP contribution in [0, 0.1) is 12.8 Å². The molecule has 8 nitrogen and oxygen atoms in total. The van der Waals surface area contributed by atoms with Gasteiger partial charge in [0.1, 0.15) is 11.6 Å².